The van der Waals surface area contributed by atoms with Crippen LogP contribution in [0.3, 0.4) is 0 Å². The molecule has 7 nitrogen and oxygen atoms in total. The van der Waals surface area contributed by atoms with Crippen LogP contribution < -0.4 is 10.1 Å². The smallest absolute Gasteiger partial charge is 0.326 e. The van der Waals surface area contributed by atoms with Gasteiger partial charge in [0.05, 0.1) is 0 Å². The highest BCUT2D eigenvalue weighted by atomic mass is 16.5. The summed E-state index contributed by atoms with van der Waals surface area (Å²) in [7, 11) is 0. The third-order valence-corrected chi connectivity index (χ3v) is 3.82. The Balaban J connectivity index is 2.80. The topological polar surface area (TPSA) is 95.9 Å². The Labute approximate surface area is 148 Å². The standard InChI is InChI=1S/C18H26N2O5/c1-11-8-12(2)17(13(3)9-11)25-10-16(22)20(14(4)18(23)24)7-6-19-15(5)21/h8-9,14H,6-7,10H2,1-5H3,(H,19,21)(H,23,24). The lowest BCUT2D eigenvalue weighted by Gasteiger charge is -2.27. The average molecular weight is 350 g/mol. The summed E-state index contributed by atoms with van der Waals surface area (Å²) in [5.41, 5.74) is 2.94. The number of benzene rings is 1. The molecule has 0 saturated heterocycles. The first-order valence-corrected chi connectivity index (χ1v) is 8.10. The number of ether oxygens (including phenoxy) is 1. The van der Waals surface area contributed by atoms with E-state index in [0.717, 1.165) is 16.7 Å². The molecule has 1 atom stereocenters. The summed E-state index contributed by atoms with van der Waals surface area (Å²) in [4.78, 5) is 35.8. The SMILES string of the molecule is CC(=O)NCCN(C(=O)COc1c(C)cc(C)cc1C)C(C)C(=O)O. The molecular formula is C18H26N2O5. The largest absolute Gasteiger partial charge is 0.483 e. The lowest BCUT2D eigenvalue weighted by molar-refractivity contribution is -0.150. The van der Waals surface area contributed by atoms with Gasteiger partial charge in [-0.15, -0.1) is 0 Å². The molecule has 2 amide bonds. The second-order valence-corrected chi connectivity index (χ2v) is 6.10. The van der Waals surface area contributed by atoms with Gasteiger partial charge in [-0.25, -0.2) is 4.79 Å². The van der Waals surface area contributed by atoms with Crippen molar-refractivity contribution in [2.75, 3.05) is 19.7 Å². The van der Waals surface area contributed by atoms with E-state index in [1.807, 2.05) is 32.9 Å². The summed E-state index contributed by atoms with van der Waals surface area (Å²) in [6.45, 7) is 8.58. The van der Waals surface area contributed by atoms with Gasteiger partial charge in [0, 0.05) is 20.0 Å². The van der Waals surface area contributed by atoms with Gasteiger partial charge in [-0.1, -0.05) is 17.7 Å². The zero-order valence-electron chi connectivity index (χ0n) is 15.4. The van der Waals surface area contributed by atoms with E-state index in [1.165, 1.54) is 18.7 Å². The normalized spacial score (nSPS) is 11.6. The number of rotatable bonds is 8. The lowest BCUT2D eigenvalue weighted by atomic mass is 10.1. The Kier molecular flexibility index (Phi) is 7.42. The first-order chi connectivity index (χ1) is 11.6. The summed E-state index contributed by atoms with van der Waals surface area (Å²) >= 11 is 0. The van der Waals surface area contributed by atoms with Crippen LogP contribution >= 0.6 is 0 Å². The Hall–Kier alpha value is -2.57. The Bertz CT molecular complexity index is 634. The summed E-state index contributed by atoms with van der Waals surface area (Å²) in [5, 5.41) is 11.7. The number of carboxylic acid groups (broad SMARTS) is 1. The molecule has 1 aromatic rings. The van der Waals surface area contributed by atoms with Crippen molar-refractivity contribution in [3.8, 4) is 5.75 Å². The molecule has 0 radical (unpaired) electrons. The van der Waals surface area contributed by atoms with E-state index in [9.17, 15) is 19.5 Å². The van der Waals surface area contributed by atoms with Crippen LogP contribution in [0.15, 0.2) is 12.1 Å². The third kappa shape index (κ3) is 6.10. The summed E-state index contributed by atoms with van der Waals surface area (Å²) in [6.07, 6.45) is 0. The van der Waals surface area contributed by atoms with Crippen molar-refractivity contribution in [3.63, 3.8) is 0 Å². The third-order valence-electron chi connectivity index (χ3n) is 3.82. The van der Waals surface area contributed by atoms with Crippen LogP contribution in [-0.4, -0.2) is 53.5 Å². The Morgan fingerprint density at radius 1 is 1.20 bits per heavy atom. The molecule has 1 aromatic carbocycles. The van der Waals surface area contributed by atoms with Crippen LogP contribution in [0.5, 0.6) is 5.75 Å². The van der Waals surface area contributed by atoms with Crippen molar-refractivity contribution in [2.45, 2.75) is 40.7 Å². The quantitative estimate of drug-likeness (QED) is 0.739. The highest BCUT2D eigenvalue weighted by molar-refractivity contribution is 5.84. The van der Waals surface area contributed by atoms with E-state index in [-0.39, 0.29) is 25.6 Å². The number of hydrogen-bond donors (Lipinski definition) is 2. The van der Waals surface area contributed by atoms with Crippen LogP contribution in [0.1, 0.15) is 30.5 Å². The predicted molar refractivity (Wildman–Crippen MR) is 93.6 cm³/mol. The second kappa shape index (κ2) is 9.05. The van der Waals surface area contributed by atoms with E-state index < -0.39 is 17.9 Å². The Morgan fingerprint density at radius 3 is 2.24 bits per heavy atom. The van der Waals surface area contributed by atoms with Gasteiger partial charge in [-0.2, -0.15) is 0 Å². The fraction of sp³-hybridized carbons (Fsp3) is 0.500. The van der Waals surface area contributed by atoms with E-state index in [1.54, 1.807) is 0 Å². The molecular weight excluding hydrogens is 324 g/mol. The molecule has 25 heavy (non-hydrogen) atoms. The minimum Gasteiger partial charge on any atom is -0.483 e. The van der Waals surface area contributed by atoms with E-state index >= 15 is 0 Å². The summed E-state index contributed by atoms with van der Waals surface area (Å²) in [5.74, 6) is -1.17. The average Bonchev–Trinajstić information content (AvgIpc) is 2.49. The molecule has 0 aliphatic carbocycles. The maximum absolute atomic E-state index is 12.5. The zero-order valence-corrected chi connectivity index (χ0v) is 15.4. The lowest BCUT2D eigenvalue weighted by Crippen LogP contribution is -2.48. The highest BCUT2D eigenvalue weighted by Gasteiger charge is 2.25. The molecule has 1 unspecified atom stereocenters. The number of aliphatic carboxylic acids is 1. The number of aryl methyl sites for hydroxylation is 3. The fourth-order valence-corrected chi connectivity index (χ4v) is 2.63. The molecule has 0 aliphatic rings. The van der Waals surface area contributed by atoms with Gasteiger partial charge in [-0.05, 0) is 38.8 Å². The predicted octanol–water partition coefficient (Wildman–Crippen LogP) is 1.43. The second-order valence-electron chi connectivity index (χ2n) is 6.10. The van der Waals surface area contributed by atoms with Gasteiger partial charge >= 0.3 is 5.97 Å². The van der Waals surface area contributed by atoms with Crippen LogP contribution in [0, 0.1) is 20.8 Å². The molecule has 1 rings (SSSR count). The van der Waals surface area contributed by atoms with Crippen LogP contribution in [0.25, 0.3) is 0 Å². The first kappa shape index (κ1) is 20.5. The van der Waals surface area contributed by atoms with Crippen molar-refractivity contribution in [3.05, 3.63) is 28.8 Å². The number of nitrogens with zero attached hydrogens (tertiary/aromatic N) is 1. The maximum Gasteiger partial charge on any atom is 0.326 e. The maximum atomic E-state index is 12.5. The van der Waals surface area contributed by atoms with E-state index in [4.69, 9.17) is 4.74 Å². The van der Waals surface area contributed by atoms with Crippen LogP contribution in [0.2, 0.25) is 0 Å². The zero-order chi connectivity index (χ0) is 19.1. The molecule has 0 aromatic heterocycles. The monoisotopic (exact) mass is 350 g/mol. The number of nitrogens with one attached hydrogen (secondary N) is 1. The number of amides is 2. The minimum absolute atomic E-state index is 0.0983. The summed E-state index contributed by atoms with van der Waals surface area (Å²) < 4.78 is 5.65. The van der Waals surface area contributed by atoms with Crippen molar-refractivity contribution in [2.24, 2.45) is 0 Å². The molecule has 7 heteroatoms. The summed E-state index contributed by atoms with van der Waals surface area (Å²) in [6, 6.07) is 2.91. The van der Waals surface area contributed by atoms with Crippen molar-refractivity contribution >= 4 is 17.8 Å². The molecule has 0 fully saturated rings. The molecule has 0 bridgehead atoms. The number of carbonyl (C=O) groups excluding carboxylic acids is 2. The van der Waals surface area contributed by atoms with Gasteiger partial charge in [0.1, 0.15) is 11.8 Å². The van der Waals surface area contributed by atoms with Crippen molar-refractivity contribution in [1.29, 1.82) is 0 Å². The van der Waals surface area contributed by atoms with Crippen LogP contribution in [-0.2, 0) is 14.4 Å². The van der Waals surface area contributed by atoms with Crippen molar-refractivity contribution in [1.82, 2.24) is 10.2 Å². The van der Waals surface area contributed by atoms with Gasteiger partial charge in [0.2, 0.25) is 5.91 Å². The van der Waals surface area contributed by atoms with Gasteiger partial charge in [0.15, 0.2) is 6.61 Å². The molecule has 0 aliphatic heterocycles. The van der Waals surface area contributed by atoms with Crippen molar-refractivity contribution < 1.29 is 24.2 Å². The van der Waals surface area contributed by atoms with Gasteiger partial charge in [0.25, 0.3) is 5.91 Å². The first-order valence-electron chi connectivity index (χ1n) is 8.10. The highest BCUT2D eigenvalue weighted by Crippen LogP contribution is 2.24. The molecule has 2 N–H and O–H groups in total. The minimum atomic E-state index is -1.11. The van der Waals surface area contributed by atoms with Gasteiger partial charge in [-0.3, -0.25) is 9.59 Å². The molecule has 138 valence electrons. The fourth-order valence-electron chi connectivity index (χ4n) is 2.63. The number of carbonyl (C=O) groups is 3. The number of hydrogen-bond acceptors (Lipinski definition) is 4. The van der Waals surface area contributed by atoms with E-state index in [0.29, 0.717) is 5.75 Å². The molecule has 0 spiro atoms. The molecule has 0 heterocycles. The molecule has 0 saturated carbocycles. The van der Waals surface area contributed by atoms with Gasteiger partial charge < -0.3 is 20.1 Å². The van der Waals surface area contributed by atoms with Crippen LogP contribution in [0.4, 0.5) is 0 Å². The Morgan fingerprint density at radius 2 is 1.76 bits per heavy atom. The number of carboxylic acids is 1. The van der Waals surface area contributed by atoms with E-state index in [2.05, 4.69) is 5.32 Å².